The Balaban J connectivity index is 1.38. The van der Waals surface area contributed by atoms with Gasteiger partial charge in [0.15, 0.2) is 0 Å². The highest BCUT2D eigenvalue weighted by molar-refractivity contribution is 5.94. The molecule has 0 unspecified atom stereocenters. The van der Waals surface area contributed by atoms with E-state index in [1.54, 1.807) is 24.5 Å². The van der Waals surface area contributed by atoms with Gasteiger partial charge in [-0.15, -0.1) is 0 Å². The van der Waals surface area contributed by atoms with Crippen molar-refractivity contribution in [1.29, 1.82) is 0 Å². The van der Waals surface area contributed by atoms with Gasteiger partial charge in [0.2, 0.25) is 5.91 Å². The molecule has 1 N–H and O–H groups in total. The number of hydrogen-bond donors (Lipinski definition) is 1. The highest BCUT2D eigenvalue weighted by Crippen LogP contribution is 2.20. The van der Waals surface area contributed by atoms with Crippen molar-refractivity contribution < 1.29 is 9.59 Å². The average molecular weight is 440 g/mol. The molecule has 4 rings (SSSR count). The van der Waals surface area contributed by atoms with Gasteiger partial charge in [0.05, 0.1) is 0 Å². The van der Waals surface area contributed by atoms with Gasteiger partial charge in [0, 0.05) is 44.3 Å². The first-order valence-electron chi connectivity index (χ1n) is 11.8. The van der Waals surface area contributed by atoms with E-state index in [9.17, 15) is 14.4 Å². The number of aromatic nitrogens is 3. The van der Waals surface area contributed by atoms with Gasteiger partial charge < -0.3 is 19.4 Å². The number of piperidine rings is 1. The molecule has 32 heavy (non-hydrogen) atoms. The molecule has 0 bridgehead atoms. The number of nitrogens with one attached hydrogen (secondary N) is 1. The van der Waals surface area contributed by atoms with Gasteiger partial charge in [-0.05, 0) is 50.7 Å². The van der Waals surface area contributed by atoms with Crippen LogP contribution in [-0.4, -0.2) is 50.0 Å². The highest BCUT2D eigenvalue weighted by Gasteiger charge is 2.25. The van der Waals surface area contributed by atoms with Crippen LogP contribution in [0.4, 0.5) is 0 Å². The van der Waals surface area contributed by atoms with Crippen molar-refractivity contribution in [1.82, 2.24) is 24.3 Å². The third-order valence-electron chi connectivity index (χ3n) is 6.76. The molecule has 0 aromatic carbocycles. The van der Waals surface area contributed by atoms with Crippen molar-refractivity contribution in [2.45, 2.75) is 71.0 Å². The fraction of sp³-hybridized carbons (Fsp3) is 0.583. The predicted molar refractivity (Wildman–Crippen MR) is 121 cm³/mol. The molecule has 2 aromatic rings. The van der Waals surface area contributed by atoms with Gasteiger partial charge in [0.25, 0.3) is 11.5 Å². The van der Waals surface area contributed by atoms with Gasteiger partial charge in [-0.1, -0.05) is 19.3 Å². The summed E-state index contributed by atoms with van der Waals surface area (Å²) in [6, 6.07) is 3.35. The molecule has 0 radical (unpaired) electrons. The van der Waals surface area contributed by atoms with Gasteiger partial charge in [-0.3, -0.25) is 14.4 Å². The molecular weight excluding hydrogens is 406 g/mol. The minimum Gasteiger partial charge on any atom is -0.349 e. The van der Waals surface area contributed by atoms with Crippen LogP contribution in [0.15, 0.2) is 35.5 Å². The molecule has 0 spiro atoms. The van der Waals surface area contributed by atoms with Crippen LogP contribution in [0.25, 0.3) is 0 Å². The summed E-state index contributed by atoms with van der Waals surface area (Å²) < 4.78 is 3.49. The number of pyridine rings is 1. The number of carbonyl (C=O) groups excluding carboxylic acids is 2. The molecule has 1 saturated carbocycles. The summed E-state index contributed by atoms with van der Waals surface area (Å²) in [6.07, 6.45) is 12.7. The number of likely N-dealkylation sites (tertiary alicyclic amines) is 1. The summed E-state index contributed by atoms with van der Waals surface area (Å²) in [6.45, 7) is 4.16. The summed E-state index contributed by atoms with van der Waals surface area (Å²) in [7, 11) is 0. The van der Waals surface area contributed by atoms with Crippen molar-refractivity contribution in [2.24, 2.45) is 5.92 Å². The predicted octanol–water partition coefficient (Wildman–Crippen LogP) is 2.35. The molecule has 2 aliphatic rings. The van der Waals surface area contributed by atoms with Crippen LogP contribution >= 0.6 is 0 Å². The minimum atomic E-state index is -0.406. The second-order valence-electron chi connectivity index (χ2n) is 9.14. The molecule has 2 amide bonds. The maximum absolute atomic E-state index is 13.0. The number of carbonyl (C=O) groups is 2. The highest BCUT2D eigenvalue weighted by atomic mass is 16.2. The number of imidazole rings is 1. The first kappa shape index (κ1) is 22.3. The third kappa shape index (κ3) is 5.29. The molecule has 8 nitrogen and oxygen atoms in total. The lowest BCUT2D eigenvalue weighted by atomic mass is 9.95. The lowest BCUT2D eigenvalue weighted by Gasteiger charge is -2.33. The van der Waals surface area contributed by atoms with Gasteiger partial charge in [-0.2, -0.15) is 0 Å². The number of amides is 2. The van der Waals surface area contributed by atoms with Crippen LogP contribution in [-0.2, 0) is 17.9 Å². The summed E-state index contributed by atoms with van der Waals surface area (Å²) >= 11 is 0. The smallest absolute Gasteiger partial charge is 0.263 e. The van der Waals surface area contributed by atoms with E-state index in [1.165, 1.54) is 11.0 Å². The molecule has 2 fully saturated rings. The minimum absolute atomic E-state index is 0.0415. The van der Waals surface area contributed by atoms with E-state index in [4.69, 9.17) is 0 Å². The van der Waals surface area contributed by atoms with Crippen LogP contribution < -0.4 is 10.9 Å². The summed E-state index contributed by atoms with van der Waals surface area (Å²) in [5.74, 6) is 0.926. The quantitative estimate of drug-likeness (QED) is 0.748. The first-order valence-corrected chi connectivity index (χ1v) is 11.8. The Labute approximate surface area is 188 Å². The maximum atomic E-state index is 13.0. The Kier molecular flexibility index (Phi) is 7.07. The molecule has 172 valence electrons. The Morgan fingerprint density at radius 1 is 1.09 bits per heavy atom. The number of aryl methyl sites for hydroxylation is 1. The van der Waals surface area contributed by atoms with Crippen molar-refractivity contribution in [3.63, 3.8) is 0 Å². The Morgan fingerprint density at radius 3 is 2.66 bits per heavy atom. The molecule has 3 heterocycles. The van der Waals surface area contributed by atoms with Crippen LogP contribution in [0, 0.1) is 12.8 Å². The SMILES string of the molecule is Cc1nccn1C[C@H]1CCCN(C(=O)Cn2cccc(C(=O)NC3CCCCC3)c2=O)C1. The van der Waals surface area contributed by atoms with E-state index < -0.39 is 5.56 Å². The van der Waals surface area contributed by atoms with Crippen LogP contribution in [0.5, 0.6) is 0 Å². The zero-order valence-electron chi connectivity index (χ0n) is 18.8. The number of nitrogens with zero attached hydrogens (tertiary/aromatic N) is 4. The molecule has 1 aliphatic heterocycles. The molecular formula is C24H33N5O3. The van der Waals surface area contributed by atoms with Gasteiger partial charge >= 0.3 is 0 Å². The first-order chi connectivity index (χ1) is 15.5. The van der Waals surface area contributed by atoms with E-state index in [0.29, 0.717) is 19.0 Å². The second-order valence-corrected chi connectivity index (χ2v) is 9.14. The third-order valence-corrected chi connectivity index (χ3v) is 6.76. The van der Waals surface area contributed by atoms with Gasteiger partial charge in [0.1, 0.15) is 17.9 Å². The Hall–Kier alpha value is -2.90. The molecule has 8 heteroatoms. The van der Waals surface area contributed by atoms with E-state index in [1.807, 2.05) is 18.0 Å². The van der Waals surface area contributed by atoms with E-state index in [-0.39, 0.29) is 30.0 Å². The number of rotatable bonds is 6. The average Bonchev–Trinajstić information content (AvgIpc) is 3.20. The largest absolute Gasteiger partial charge is 0.349 e. The summed E-state index contributed by atoms with van der Waals surface area (Å²) in [4.78, 5) is 44.7. The Bertz CT molecular complexity index is 1010. The number of hydrogen-bond acceptors (Lipinski definition) is 4. The molecule has 2 aromatic heterocycles. The van der Waals surface area contributed by atoms with Crippen molar-refractivity contribution in [3.05, 3.63) is 52.5 Å². The van der Waals surface area contributed by atoms with Crippen molar-refractivity contribution >= 4 is 11.8 Å². The lowest BCUT2D eigenvalue weighted by Crippen LogP contribution is -2.44. The second kappa shape index (κ2) is 10.1. The normalized spacial score (nSPS) is 19.7. The van der Waals surface area contributed by atoms with E-state index >= 15 is 0 Å². The van der Waals surface area contributed by atoms with Gasteiger partial charge in [-0.25, -0.2) is 4.98 Å². The lowest BCUT2D eigenvalue weighted by molar-refractivity contribution is -0.133. The fourth-order valence-corrected chi connectivity index (χ4v) is 4.91. The monoisotopic (exact) mass is 439 g/mol. The fourth-order valence-electron chi connectivity index (χ4n) is 4.91. The molecule has 1 saturated heterocycles. The summed E-state index contributed by atoms with van der Waals surface area (Å²) in [5, 5.41) is 3.00. The zero-order chi connectivity index (χ0) is 22.5. The molecule has 1 aliphatic carbocycles. The maximum Gasteiger partial charge on any atom is 0.263 e. The van der Waals surface area contributed by atoms with E-state index in [0.717, 1.165) is 50.9 Å². The van der Waals surface area contributed by atoms with E-state index in [2.05, 4.69) is 14.9 Å². The van der Waals surface area contributed by atoms with Crippen molar-refractivity contribution in [3.8, 4) is 0 Å². The van der Waals surface area contributed by atoms with Crippen LogP contribution in [0.3, 0.4) is 0 Å². The summed E-state index contributed by atoms with van der Waals surface area (Å²) in [5.41, 5.74) is -0.297. The zero-order valence-corrected chi connectivity index (χ0v) is 18.8. The topological polar surface area (TPSA) is 89.2 Å². The van der Waals surface area contributed by atoms with Crippen molar-refractivity contribution in [2.75, 3.05) is 13.1 Å². The van der Waals surface area contributed by atoms with Crippen LogP contribution in [0.2, 0.25) is 0 Å². The molecule has 1 atom stereocenters. The Morgan fingerprint density at radius 2 is 1.91 bits per heavy atom. The van der Waals surface area contributed by atoms with Crippen LogP contribution in [0.1, 0.15) is 61.1 Å². The standard InChI is InChI=1S/C24H33N5O3/c1-18-25-11-14-27(18)15-19-7-5-12-28(16-19)22(30)17-29-13-6-10-21(24(29)32)23(31)26-20-8-3-2-4-9-20/h6,10-11,13-14,19-20H,2-5,7-9,12,15-17H2,1H3,(H,26,31)/t19-/m1/s1.